The summed E-state index contributed by atoms with van der Waals surface area (Å²) in [5, 5.41) is 3.69. The Hall–Kier alpha value is -3.17. The van der Waals surface area contributed by atoms with Crippen molar-refractivity contribution >= 4 is 29.2 Å². The maximum absolute atomic E-state index is 14.2. The van der Waals surface area contributed by atoms with E-state index >= 15 is 0 Å². The van der Waals surface area contributed by atoms with Crippen LogP contribution in [0.3, 0.4) is 0 Å². The van der Waals surface area contributed by atoms with Gasteiger partial charge in [0.2, 0.25) is 0 Å². The number of hydrogen-bond acceptors (Lipinski definition) is 7. The normalized spacial score (nSPS) is 17.7. The molecule has 9 heteroatoms. The van der Waals surface area contributed by atoms with Gasteiger partial charge in [-0.05, 0) is 49.6 Å². The second kappa shape index (κ2) is 11.9. The number of halogens is 1. The summed E-state index contributed by atoms with van der Waals surface area (Å²) in [6, 6.07) is 16.6. The number of para-hydroxylation sites is 1. The van der Waals surface area contributed by atoms with Crippen LogP contribution < -0.4 is 15.1 Å². The quantitative estimate of drug-likeness (QED) is 0.347. The van der Waals surface area contributed by atoms with E-state index in [4.69, 9.17) is 9.72 Å². The topological polar surface area (TPSA) is 70.6 Å². The van der Waals surface area contributed by atoms with Crippen molar-refractivity contribution in [1.82, 2.24) is 15.3 Å². The van der Waals surface area contributed by atoms with E-state index in [9.17, 15) is 9.18 Å². The summed E-state index contributed by atoms with van der Waals surface area (Å²) in [6.45, 7) is 6.29. The Kier molecular flexibility index (Phi) is 8.21. The molecular weight excluding hydrogens is 489 g/mol. The minimum atomic E-state index is -0.183. The predicted octanol–water partition coefficient (Wildman–Crippen LogP) is 4.45. The molecule has 0 bridgehead atoms. The number of ether oxygens (including phenoxy) is 1. The summed E-state index contributed by atoms with van der Waals surface area (Å²) in [6.07, 6.45) is 2.18. The zero-order valence-corrected chi connectivity index (χ0v) is 21.8. The highest BCUT2D eigenvalue weighted by atomic mass is 32.2. The van der Waals surface area contributed by atoms with Gasteiger partial charge in [0.05, 0.1) is 11.8 Å². The monoisotopic (exact) mass is 521 g/mol. The molecule has 1 N–H and O–H groups in total. The molecule has 1 amide bonds. The smallest absolute Gasteiger partial charge is 0.251 e. The van der Waals surface area contributed by atoms with Gasteiger partial charge >= 0.3 is 0 Å². The SMILES string of the molecule is Cc1cc(N2CCN(c3ccccc3F)CC2)nc(SCc2cccc(C(=O)NC[C@H]3CCCO3)c2)n1. The van der Waals surface area contributed by atoms with Crippen LogP contribution in [0.4, 0.5) is 15.9 Å². The zero-order valence-electron chi connectivity index (χ0n) is 21.0. The molecule has 2 saturated heterocycles. The Morgan fingerprint density at radius 3 is 2.68 bits per heavy atom. The van der Waals surface area contributed by atoms with Crippen LogP contribution in [0, 0.1) is 12.7 Å². The summed E-state index contributed by atoms with van der Waals surface area (Å²) in [7, 11) is 0. The lowest BCUT2D eigenvalue weighted by molar-refractivity contribution is 0.0857. The first-order valence-corrected chi connectivity index (χ1v) is 13.8. The summed E-state index contributed by atoms with van der Waals surface area (Å²) >= 11 is 1.56. The summed E-state index contributed by atoms with van der Waals surface area (Å²) < 4.78 is 19.8. The lowest BCUT2D eigenvalue weighted by atomic mass is 10.1. The molecule has 2 fully saturated rings. The standard InChI is InChI=1S/C28H32FN5O2S/c1-20-16-26(34-13-11-33(12-14-34)25-10-3-2-9-24(25)29)32-28(31-20)37-19-21-6-4-7-22(17-21)27(35)30-18-23-8-5-15-36-23/h2-4,6-7,9-10,16-17,23H,5,8,11-15,18-19H2,1H3,(H,30,35)/t23-/m1/s1. The van der Waals surface area contributed by atoms with E-state index in [1.54, 1.807) is 17.8 Å². The van der Waals surface area contributed by atoms with Gasteiger partial charge in [0.25, 0.3) is 5.91 Å². The van der Waals surface area contributed by atoms with Crippen LogP contribution in [0.5, 0.6) is 0 Å². The maximum Gasteiger partial charge on any atom is 0.251 e. The van der Waals surface area contributed by atoms with Crippen LogP contribution in [0.1, 0.15) is 34.5 Å². The van der Waals surface area contributed by atoms with Gasteiger partial charge in [-0.25, -0.2) is 14.4 Å². The molecule has 5 rings (SSSR count). The molecule has 3 aromatic rings. The van der Waals surface area contributed by atoms with Gasteiger partial charge < -0.3 is 19.9 Å². The van der Waals surface area contributed by atoms with Gasteiger partial charge in [-0.3, -0.25) is 4.79 Å². The Bertz CT molecular complexity index is 1230. The van der Waals surface area contributed by atoms with Crippen LogP contribution >= 0.6 is 11.8 Å². The fraction of sp³-hybridized carbons (Fsp3) is 0.393. The van der Waals surface area contributed by atoms with Crippen molar-refractivity contribution in [3.05, 3.63) is 77.2 Å². The number of carbonyl (C=O) groups excluding carboxylic acids is 1. The van der Waals surface area contributed by atoms with E-state index in [0.717, 1.165) is 62.7 Å². The van der Waals surface area contributed by atoms with Crippen molar-refractivity contribution in [2.24, 2.45) is 0 Å². The molecule has 1 aromatic heterocycles. The number of piperazine rings is 1. The summed E-state index contributed by atoms with van der Waals surface area (Å²) in [5.41, 5.74) is 3.25. The third-order valence-electron chi connectivity index (χ3n) is 6.69. The molecular formula is C28H32FN5O2S. The average molecular weight is 522 g/mol. The summed E-state index contributed by atoms with van der Waals surface area (Å²) in [5.74, 6) is 1.30. The molecule has 2 aliphatic rings. The van der Waals surface area contributed by atoms with E-state index in [-0.39, 0.29) is 17.8 Å². The van der Waals surface area contributed by atoms with Gasteiger partial charge in [0.15, 0.2) is 5.16 Å². The maximum atomic E-state index is 14.2. The number of nitrogens with zero attached hydrogens (tertiary/aromatic N) is 4. The first-order valence-electron chi connectivity index (χ1n) is 12.8. The van der Waals surface area contributed by atoms with E-state index in [1.165, 1.54) is 6.07 Å². The van der Waals surface area contributed by atoms with Gasteiger partial charge in [-0.2, -0.15) is 0 Å². The number of aryl methyl sites for hydroxylation is 1. The minimum absolute atomic E-state index is 0.0778. The van der Waals surface area contributed by atoms with Gasteiger partial charge in [0, 0.05) is 62.4 Å². The van der Waals surface area contributed by atoms with E-state index in [0.29, 0.717) is 28.7 Å². The molecule has 194 valence electrons. The van der Waals surface area contributed by atoms with Crippen molar-refractivity contribution in [3.63, 3.8) is 0 Å². The Morgan fingerprint density at radius 2 is 1.89 bits per heavy atom. The second-order valence-electron chi connectivity index (χ2n) is 9.41. The number of hydrogen-bond donors (Lipinski definition) is 1. The fourth-order valence-corrected chi connectivity index (χ4v) is 5.54. The van der Waals surface area contributed by atoms with Crippen LogP contribution in [0.25, 0.3) is 0 Å². The van der Waals surface area contributed by atoms with Crippen molar-refractivity contribution < 1.29 is 13.9 Å². The number of carbonyl (C=O) groups is 1. The highest BCUT2D eigenvalue weighted by molar-refractivity contribution is 7.98. The first-order chi connectivity index (χ1) is 18.0. The summed E-state index contributed by atoms with van der Waals surface area (Å²) in [4.78, 5) is 26.3. The van der Waals surface area contributed by atoms with Crippen molar-refractivity contribution in [1.29, 1.82) is 0 Å². The largest absolute Gasteiger partial charge is 0.376 e. The molecule has 2 aliphatic heterocycles. The van der Waals surface area contributed by atoms with Crippen LogP contribution in [0.15, 0.2) is 59.8 Å². The third-order valence-corrected chi connectivity index (χ3v) is 7.61. The van der Waals surface area contributed by atoms with Gasteiger partial charge in [-0.15, -0.1) is 0 Å². The highest BCUT2D eigenvalue weighted by Gasteiger charge is 2.21. The Balaban J connectivity index is 1.18. The number of benzene rings is 2. The number of amides is 1. The lowest BCUT2D eigenvalue weighted by Gasteiger charge is -2.37. The Labute approximate surface area is 221 Å². The zero-order chi connectivity index (χ0) is 25.6. The van der Waals surface area contributed by atoms with Gasteiger partial charge in [-0.1, -0.05) is 36.0 Å². The molecule has 0 saturated carbocycles. The van der Waals surface area contributed by atoms with Crippen LogP contribution in [-0.2, 0) is 10.5 Å². The van der Waals surface area contributed by atoms with E-state index in [1.807, 2.05) is 49.4 Å². The molecule has 1 atom stereocenters. The van der Waals surface area contributed by atoms with Crippen molar-refractivity contribution in [2.75, 3.05) is 49.1 Å². The number of anilines is 2. The molecule has 3 heterocycles. The average Bonchev–Trinajstić information content (AvgIpc) is 3.45. The van der Waals surface area contributed by atoms with Crippen molar-refractivity contribution in [2.45, 2.75) is 36.8 Å². The van der Waals surface area contributed by atoms with Crippen molar-refractivity contribution in [3.8, 4) is 0 Å². The second-order valence-corrected chi connectivity index (χ2v) is 10.4. The Morgan fingerprint density at radius 1 is 1.08 bits per heavy atom. The van der Waals surface area contributed by atoms with E-state index < -0.39 is 0 Å². The number of rotatable bonds is 8. The molecule has 0 radical (unpaired) electrons. The molecule has 37 heavy (non-hydrogen) atoms. The number of nitrogens with one attached hydrogen (secondary N) is 1. The van der Waals surface area contributed by atoms with Crippen LogP contribution in [-0.4, -0.2) is 61.3 Å². The fourth-order valence-electron chi connectivity index (χ4n) is 4.70. The highest BCUT2D eigenvalue weighted by Crippen LogP contribution is 2.26. The molecule has 0 aliphatic carbocycles. The number of aromatic nitrogens is 2. The molecule has 0 unspecified atom stereocenters. The minimum Gasteiger partial charge on any atom is -0.376 e. The first kappa shape index (κ1) is 25.5. The third kappa shape index (κ3) is 6.59. The molecule has 2 aromatic carbocycles. The lowest BCUT2D eigenvalue weighted by Crippen LogP contribution is -2.47. The predicted molar refractivity (Wildman–Crippen MR) is 145 cm³/mol. The number of thioether (sulfide) groups is 1. The van der Waals surface area contributed by atoms with Gasteiger partial charge in [0.1, 0.15) is 11.6 Å². The van der Waals surface area contributed by atoms with E-state index in [2.05, 4.69) is 20.1 Å². The molecule has 7 nitrogen and oxygen atoms in total. The van der Waals surface area contributed by atoms with Crippen LogP contribution in [0.2, 0.25) is 0 Å². The molecule has 0 spiro atoms.